The highest BCUT2D eigenvalue weighted by Gasteiger charge is 2.15. The van der Waals surface area contributed by atoms with E-state index < -0.39 is 16.7 Å². The van der Waals surface area contributed by atoms with Gasteiger partial charge in [0, 0.05) is 0 Å². The van der Waals surface area contributed by atoms with Crippen molar-refractivity contribution in [2.24, 2.45) is 0 Å². The van der Waals surface area contributed by atoms with E-state index in [-0.39, 0.29) is 0 Å². The van der Waals surface area contributed by atoms with Crippen molar-refractivity contribution in [3.8, 4) is 0 Å². The molecule has 1 N–H and O–H groups in total. The summed E-state index contributed by atoms with van der Waals surface area (Å²) in [5.74, 6) is -0.472. The molecule has 0 fully saturated rings. The fraction of sp³-hybridized carbons (Fsp3) is 0.364. The van der Waals surface area contributed by atoms with Gasteiger partial charge in [0.25, 0.3) is 5.09 Å². The number of hydrogen-bond acceptors (Lipinski definition) is 5. The summed E-state index contributed by atoms with van der Waals surface area (Å²) in [4.78, 5) is 29.3. The minimum absolute atomic E-state index is 0.472. The fourth-order valence-electron chi connectivity index (χ4n) is 0.785. The summed E-state index contributed by atoms with van der Waals surface area (Å²) in [6.45, 7) is 5.43. The van der Waals surface area contributed by atoms with E-state index in [2.05, 4.69) is 4.89 Å². The van der Waals surface area contributed by atoms with E-state index in [0.29, 0.717) is 5.56 Å². The summed E-state index contributed by atoms with van der Waals surface area (Å²) in [6, 6.07) is 8.73. The number of benzene rings is 1. The van der Waals surface area contributed by atoms with E-state index in [1.807, 2.05) is 26.8 Å². The Hall–Kier alpha value is -2.15. The molecule has 7 heteroatoms. The van der Waals surface area contributed by atoms with Gasteiger partial charge < -0.3 is 5.21 Å². The monoisotopic (exact) mass is 257 g/mol. The zero-order valence-corrected chi connectivity index (χ0v) is 10.3. The Balaban J connectivity index is 0.000000631. The highest BCUT2D eigenvalue weighted by molar-refractivity contribution is 5.88. The van der Waals surface area contributed by atoms with Crippen molar-refractivity contribution in [2.75, 3.05) is 0 Å². The molecule has 0 aliphatic carbocycles. The Labute approximate surface area is 104 Å². The van der Waals surface area contributed by atoms with Gasteiger partial charge >= 0.3 is 5.97 Å². The molecular formula is C11H15NO6. The van der Waals surface area contributed by atoms with Gasteiger partial charge in [-0.25, -0.2) is 4.79 Å². The highest BCUT2D eigenvalue weighted by Crippen LogP contribution is 2.09. The number of carbonyl (C=O) groups excluding carboxylic acids is 1. The summed E-state index contributed by atoms with van der Waals surface area (Å²) in [5, 5.41) is 13.6. The zero-order chi connectivity index (χ0) is 14.2. The Morgan fingerprint density at radius 1 is 1.28 bits per heavy atom. The van der Waals surface area contributed by atoms with Crippen LogP contribution < -0.4 is 0 Å². The molecule has 1 rings (SSSR count). The molecule has 0 heterocycles. The van der Waals surface area contributed by atoms with Gasteiger partial charge in [-0.2, -0.15) is 4.89 Å². The van der Waals surface area contributed by atoms with Crippen LogP contribution in [0.25, 0.3) is 0 Å². The first-order chi connectivity index (χ1) is 8.22. The van der Waals surface area contributed by atoms with Crippen molar-refractivity contribution >= 4 is 5.97 Å². The van der Waals surface area contributed by atoms with Crippen molar-refractivity contribution < 1.29 is 24.9 Å². The van der Waals surface area contributed by atoms with Crippen LogP contribution >= 0.6 is 0 Å². The molecule has 0 saturated carbocycles. The van der Waals surface area contributed by atoms with Crippen LogP contribution in [0.1, 0.15) is 31.1 Å². The van der Waals surface area contributed by atoms with Gasteiger partial charge in [0.05, 0.1) is 5.56 Å². The van der Waals surface area contributed by atoms with Crippen LogP contribution in [0.15, 0.2) is 30.3 Å². The van der Waals surface area contributed by atoms with E-state index in [4.69, 9.17) is 20.2 Å². The van der Waals surface area contributed by atoms with E-state index >= 15 is 0 Å². The first-order valence-corrected chi connectivity index (χ1v) is 5.00. The SMILES string of the molecule is CC(C)(C)OOC(=O)c1ccccc1.O=[N+]([O-])O. The van der Waals surface area contributed by atoms with Gasteiger partial charge in [-0.05, 0) is 32.9 Å². The fourth-order valence-corrected chi connectivity index (χ4v) is 0.785. The van der Waals surface area contributed by atoms with Gasteiger partial charge in [0.2, 0.25) is 0 Å². The third-order valence-corrected chi connectivity index (χ3v) is 1.38. The van der Waals surface area contributed by atoms with Gasteiger partial charge in [-0.1, -0.05) is 18.2 Å². The van der Waals surface area contributed by atoms with Crippen LogP contribution in [0.2, 0.25) is 0 Å². The Morgan fingerprint density at radius 3 is 2.11 bits per heavy atom. The topological polar surface area (TPSA) is 98.9 Å². The second-order valence-corrected chi connectivity index (χ2v) is 4.17. The van der Waals surface area contributed by atoms with Crippen molar-refractivity contribution in [2.45, 2.75) is 26.4 Å². The van der Waals surface area contributed by atoms with Gasteiger partial charge in [-0.15, -0.1) is 10.1 Å². The van der Waals surface area contributed by atoms with E-state index in [0.717, 1.165) is 0 Å². The van der Waals surface area contributed by atoms with Crippen LogP contribution in [0, 0.1) is 10.1 Å². The van der Waals surface area contributed by atoms with Crippen molar-refractivity contribution in [3.05, 3.63) is 46.0 Å². The van der Waals surface area contributed by atoms with E-state index in [9.17, 15) is 4.79 Å². The summed E-state index contributed by atoms with van der Waals surface area (Å²) >= 11 is 0. The summed E-state index contributed by atoms with van der Waals surface area (Å²) < 4.78 is 0. The lowest BCUT2D eigenvalue weighted by Crippen LogP contribution is -2.21. The first-order valence-electron chi connectivity index (χ1n) is 5.00. The Kier molecular flexibility index (Phi) is 6.37. The number of nitrogens with zero attached hydrogens (tertiary/aromatic N) is 1. The van der Waals surface area contributed by atoms with Crippen molar-refractivity contribution in [3.63, 3.8) is 0 Å². The average Bonchev–Trinajstić information content (AvgIpc) is 2.25. The zero-order valence-electron chi connectivity index (χ0n) is 10.3. The largest absolute Gasteiger partial charge is 0.373 e. The quantitative estimate of drug-likeness (QED) is 0.495. The minimum Gasteiger partial charge on any atom is -0.328 e. The van der Waals surface area contributed by atoms with Gasteiger partial charge in [0.1, 0.15) is 5.60 Å². The second kappa shape index (κ2) is 7.23. The molecule has 0 atom stereocenters. The van der Waals surface area contributed by atoms with Crippen molar-refractivity contribution in [1.29, 1.82) is 0 Å². The Morgan fingerprint density at radius 2 is 1.72 bits per heavy atom. The molecule has 0 spiro atoms. The van der Waals surface area contributed by atoms with Crippen LogP contribution in [0.3, 0.4) is 0 Å². The molecular weight excluding hydrogens is 242 g/mol. The summed E-state index contributed by atoms with van der Waals surface area (Å²) in [7, 11) is 0. The predicted octanol–water partition coefficient (Wildman–Crippen LogP) is 2.23. The molecule has 0 amide bonds. The Bertz CT molecular complexity index is 380. The molecule has 0 bridgehead atoms. The molecule has 7 nitrogen and oxygen atoms in total. The van der Waals surface area contributed by atoms with Crippen molar-refractivity contribution in [1.82, 2.24) is 0 Å². The van der Waals surface area contributed by atoms with Crippen LogP contribution in [-0.4, -0.2) is 21.9 Å². The molecule has 1 aromatic rings. The molecule has 0 aromatic heterocycles. The lowest BCUT2D eigenvalue weighted by atomic mass is 10.2. The molecule has 18 heavy (non-hydrogen) atoms. The molecule has 1 aromatic carbocycles. The number of hydrogen-bond donors (Lipinski definition) is 1. The van der Waals surface area contributed by atoms with Gasteiger partial charge in [-0.3, -0.25) is 4.89 Å². The third-order valence-electron chi connectivity index (χ3n) is 1.38. The van der Waals surface area contributed by atoms with E-state index in [1.54, 1.807) is 24.3 Å². The molecule has 0 saturated heterocycles. The minimum atomic E-state index is -1.50. The maximum Gasteiger partial charge on any atom is 0.373 e. The third kappa shape index (κ3) is 9.10. The summed E-state index contributed by atoms with van der Waals surface area (Å²) in [5.41, 5.74) is 0.00140. The highest BCUT2D eigenvalue weighted by atomic mass is 17.2. The smallest absolute Gasteiger partial charge is 0.328 e. The average molecular weight is 257 g/mol. The lowest BCUT2D eigenvalue weighted by Gasteiger charge is -2.16. The molecule has 0 unspecified atom stereocenters. The normalized spacial score (nSPS) is 9.94. The molecule has 100 valence electrons. The van der Waals surface area contributed by atoms with Gasteiger partial charge in [0.15, 0.2) is 0 Å². The standard InChI is InChI=1S/C11H14O3.HNO3/c1-11(2,3)14-13-10(12)9-7-5-4-6-8-9;2-1(3)4/h4-8H,1-3H3;(H,2,3,4). The maximum absolute atomic E-state index is 11.3. The first kappa shape index (κ1) is 15.9. The second-order valence-electron chi connectivity index (χ2n) is 4.17. The number of carbonyl (C=O) groups is 1. The maximum atomic E-state index is 11.3. The summed E-state index contributed by atoms with van der Waals surface area (Å²) in [6.07, 6.45) is 0. The predicted molar refractivity (Wildman–Crippen MR) is 61.5 cm³/mol. The lowest BCUT2D eigenvalue weighted by molar-refractivity contribution is -0.742. The molecule has 0 radical (unpaired) electrons. The van der Waals surface area contributed by atoms with Crippen LogP contribution in [0.5, 0.6) is 0 Å². The van der Waals surface area contributed by atoms with E-state index in [1.165, 1.54) is 0 Å². The molecule has 0 aliphatic heterocycles. The molecule has 0 aliphatic rings. The van der Waals surface area contributed by atoms with Crippen LogP contribution in [0.4, 0.5) is 0 Å². The number of rotatable bonds is 2. The van der Waals surface area contributed by atoms with Crippen LogP contribution in [-0.2, 0) is 9.78 Å².